The lowest BCUT2D eigenvalue weighted by atomic mass is 10.2. The van der Waals surface area contributed by atoms with Gasteiger partial charge in [-0.1, -0.05) is 41.5 Å². The number of para-hydroxylation sites is 2. The molecular formula is C21H22N4O5S. The van der Waals surface area contributed by atoms with Gasteiger partial charge in [0.2, 0.25) is 15.7 Å². The molecule has 2 aromatic carbocycles. The van der Waals surface area contributed by atoms with Crippen LogP contribution >= 0.6 is 0 Å². The molecule has 1 fully saturated rings. The molecule has 1 aromatic heterocycles. The van der Waals surface area contributed by atoms with Crippen LogP contribution in [0.2, 0.25) is 0 Å². The van der Waals surface area contributed by atoms with Crippen LogP contribution in [0, 0.1) is 0 Å². The van der Waals surface area contributed by atoms with Crippen molar-refractivity contribution < 1.29 is 22.4 Å². The zero-order valence-corrected chi connectivity index (χ0v) is 17.6. The largest absolute Gasteiger partial charge is 0.484 e. The van der Waals surface area contributed by atoms with E-state index >= 15 is 0 Å². The summed E-state index contributed by atoms with van der Waals surface area (Å²) in [7, 11) is -4.04. The highest BCUT2D eigenvalue weighted by molar-refractivity contribution is 7.91. The second-order valence-electron chi connectivity index (χ2n) is 7.03. The van der Waals surface area contributed by atoms with E-state index in [1.165, 1.54) is 0 Å². The first-order valence-corrected chi connectivity index (χ1v) is 11.5. The van der Waals surface area contributed by atoms with Crippen molar-refractivity contribution in [2.75, 3.05) is 36.8 Å². The van der Waals surface area contributed by atoms with Crippen LogP contribution in [0.25, 0.3) is 0 Å². The minimum absolute atomic E-state index is 0.0198. The number of aromatic nitrogens is 2. The van der Waals surface area contributed by atoms with Crippen LogP contribution in [0.1, 0.15) is 5.89 Å². The number of nitrogens with zero attached hydrogens (tertiary/aromatic N) is 4. The lowest BCUT2D eigenvalue weighted by Gasteiger charge is -2.36. The predicted molar refractivity (Wildman–Crippen MR) is 112 cm³/mol. The summed E-state index contributed by atoms with van der Waals surface area (Å²) < 4.78 is 35.8. The van der Waals surface area contributed by atoms with Crippen LogP contribution in [-0.4, -0.2) is 61.4 Å². The van der Waals surface area contributed by atoms with Gasteiger partial charge < -0.3 is 19.0 Å². The van der Waals surface area contributed by atoms with Crippen LogP contribution in [0.4, 0.5) is 5.69 Å². The molecule has 10 heteroatoms. The molecule has 0 aliphatic carbocycles. The number of benzene rings is 2. The lowest BCUT2D eigenvalue weighted by molar-refractivity contribution is -0.128. The van der Waals surface area contributed by atoms with Crippen molar-refractivity contribution in [1.29, 1.82) is 0 Å². The average molecular weight is 442 g/mol. The number of ether oxygens (including phenoxy) is 1. The Kier molecular flexibility index (Phi) is 6.17. The van der Waals surface area contributed by atoms with E-state index in [1.54, 1.807) is 17.0 Å². The maximum absolute atomic E-state index is 12.6. The highest BCUT2D eigenvalue weighted by atomic mass is 32.2. The molecule has 1 aliphatic rings. The number of sulfone groups is 1. The number of piperazine rings is 1. The standard InChI is InChI=1S/C21H22N4O5S/c26-20(25-13-11-24(12-14-25)17-7-3-1-4-8-17)16-31(27,28)21-23-22-19(30-21)15-29-18-9-5-2-6-10-18/h1-10H,11-16H2. The molecule has 4 rings (SSSR count). The Morgan fingerprint density at radius 2 is 1.58 bits per heavy atom. The van der Waals surface area contributed by atoms with Crippen LogP contribution in [0.15, 0.2) is 70.3 Å². The van der Waals surface area contributed by atoms with Crippen molar-refractivity contribution in [2.45, 2.75) is 11.8 Å². The number of carbonyl (C=O) groups is 1. The molecule has 0 bridgehead atoms. The topological polar surface area (TPSA) is 106 Å². The molecule has 0 saturated carbocycles. The van der Waals surface area contributed by atoms with Gasteiger partial charge >= 0.3 is 5.22 Å². The first-order chi connectivity index (χ1) is 15.0. The zero-order chi connectivity index (χ0) is 21.7. The normalized spacial score (nSPS) is 14.5. The van der Waals surface area contributed by atoms with Crippen LogP contribution in [0.3, 0.4) is 0 Å². The number of rotatable bonds is 7. The Morgan fingerprint density at radius 3 is 2.26 bits per heavy atom. The van der Waals surface area contributed by atoms with Crippen molar-refractivity contribution in [3.63, 3.8) is 0 Å². The van der Waals surface area contributed by atoms with Crippen molar-refractivity contribution in [2.24, 2.45) is 0 Å². The highest BCUT2D eigenvalue weighted by Gasteiger charge is 2.30. The maximum Gasteiger partial charge on any atom is 0.336 e. The summed E-state index contributed by atoms with van der Waals surface area (Å²) in [5.41, 5.74) is 1.08. The second kappa shape index (κ2) is 9.17. The molecule has 0 radical (unpaired) electrons. The molecule has 0 atom stereocenters. The van der Waals surface area contributed by atoms with E-state index in [2.05, 4.69) is 15.1 Å². The SMILES string of the molecule is O=C(CS(=O)(=O)c1nnc(COc2ccccc2)o1)N1CCN(c2ccccc2)CC1. The van der Waals surface area contributed by atoms with Gasteiger partial charge in [0, 0.05) is 31.9 Å². The summed E-state index contributed by atoms with van der Waals surface area (Å²) in [5.74, 6) is -0.575. The monoisotopic (exact) mass is 442 g/mol. The highest BCUT2D eigenvalue weighted by Crippen LogP contribution is 2.17. The quantitative estimate of drug-likeness (QED) is 0.545. The zero-order valence-electron chi connectivity index (χ0n) is 16.8. The third-order valence-electron chi connectivity index (χ3n) is 4.89. The summed E-state index contributed by atoms with van der Waals surface area (Å²) in [6.45, 7) is 2.10. The summed E-state index contributed by atoms with van der Waals surface area (Å²) in [4.78, 5) is 16.3. The molecule has 0 spiro atoms. The van der Waals surface area contributed by atoms with E-state index in [4.69, 9.17) is 9.15 Å². The summed E-state index contributed by atoms with van der Waals surface area (Å²) >= 11 is 0. The van der Waals surface area contributed by atoms with Crippen LogP contribution in [-0.2, 0) is 21.2 Å². The Labute approximate surface area is 180 Å². The lowest BCUT2D eigenvalue weighted by Crippen LogP contribution is -2.50. The number of anilines is 1. The van der Waals surface area contributed by atoms with E-state index in [0.717, 1.165) is 5.69 Å². The smallest absolute Gasteiger partial charge is 0.336 e. The van der Waals surface area contributed by atoms with E-state index in [9.17, 15) is 13.2 Å². The molecule has 1 aliphatic heterocycles. The van der Waals surface area contributed by atoms with Gasteiger partial charge in [0.15, 0.2) is 6.61 Å². The van der Waals surface area contributed by atoms with Gasteiger partial charge in [-0.15, -0.1) is 5.10 Å². The summed E-state index contributed by atoms with van der Waals surface area (Å²) in [6.07, 6.45) is 0. The number of hydrogen-bond donors (Lipinski definition) is 0. The molecule has 9 nitrogen and oxygen atoms in total. The van der Waals surface area contributed by atoms with E-state index < -0.39 is 26.7 Å². The molecule has 31 heavy (non-hydrogen) atoms. The number of amides is 1. The summed E-state index contributed by atoms with van der Waals surface area (Å²) in [6, 6.07) is 18.9. The van der Waals surface area contributed by atoms with Crippen LogP contribution in [0.5, 0.6) is 5.75 Å². The van der Waals surface area contributed by atoms with Crippen molar-refractivity contribution in [1.82, 2.24) is 15.1 Å². The average Bonchev–Trinajstić information content (AvgIpc) is 3.29. The molecule has 0 unspecified atom stereocenters. The van der Waals surface area contributed by atoms with Gasteiger partial charge in [0.1, 0.15) is 11.5 Å². The Bertz CT molecular complexity index is 1110. The van der Waals surface area contributed by atoms with Crippen molar-refractivity contribution in [3.8, 4) is 5.75 Å². The first kappa shape index (κ1) is 20.9. The first-order valence-electron chi connectivity index (χ1n) is 9.82. The van der Waals surface area contributed by atoms with Gasteiger partial charge in [-0.25, -0.2) is 8.42 Å². The van der Waals surface area contributed by atoms with Gasteiger partial charge in [0.25, 0.3) is 5.89 Å². The number of carbonyl (C=O) groups excluding carboxylic acids is 1. The molecule has 3 aromatic rings. The molecule has 1 saturated heterocycles. The predicted octanol–water partition coefficient (Wildman–Crippen LogP) is 1.77. The maximum atomic E-state index is 12.6. The van der Waals surface area contributed by atoms with E-state index in [-0.39, 0.29) is 12.5 Å². The van der Waals surface area contributed by atoms with Gasteiger partial charge in [-0.2, -0.15) is 0 Å². The molecule has 0 N–H and O–H groups in total. The fourth-order valence-corrected chi connectivity index (χ4v) is 4.27. The molecule has 2 heterocycles. The van der Waals surface area contributed by atoms with Crippen molar-refractivity contribution >= 4 is 21.4 Å². The summed E-state index contributed by atoms with van der Waals surface area (Å²) in [5, 5.41) is 6.72. The Balaban J connectivity index is 1.31. The third kappa shape index (κ3) is 5.21. The Morgan fingerprint density at radius 1 is 0.935 bits per heavy atom. The van der Waals surface area contributed by atoms with Gasteiger partial charge in [-0.3, -0.25) is 4.79 Å². The van der Waals surface area contributed by atoms with Gasteiger partial charge in [-0.05, 0) is 24.3 Å². The van der Waals surface area contributed by atoms with Crippen LogP contribution < -0.4 is 9.64 Å². The number of hydrogen-bond acceptors (Lipinski definition) is 8. The fourth-order valence-electron chi connectivity index (χ4n) is 3.25. The van der Waals surface area contributed by atoms with Gasteiger partial charge in [0.05, 0.1) is 0 Å². The fraction of sp³-hybridized carbons (Fsp3) is 0.286. The van der Waals surface area contributed by atoms with E-state index in [0.29, 0.717) is 31.9 Å². The minimum Gasteiger partial charge on any atom is -0.484 e. The second-order valence-corrected chi connectivity index (χ2v) is 8.89. The molecule has 162 valence electrons. The van der Waals surface area contributed by atoms with E-state index in [1.807, 2.05) is 48.5 Å². The minimum atomic E-state index is -4.04. The molecular weight excluding hydrogens is 420 g/mol. The van der Waals surface area contributed by atoms with Crippen molar-refractivity contribution in [3.05, 3.63) is 66.6 Å². The Hall–Kier alpha value is -3.40. The molecule has 1 amide bonds. The third-order valence-corrected chi connectivity index (χ3v) is 6.21.